The van der Waals surface area contributed by atoms with Crippen LogP contribution in [0.15, 0.2) is 97.1 Å². The van der Waals surface area contributed by atoms with Crippen molar-refractivity contribution >= 4 is 22.7 Å². The summed E-state index contributed by atoms with van der Waals surface area (Å²) in [4.78, 5) is 0. The molecule has 28 heavy (non-hydrogen) atoms. The molecule has 0 fully saturated rings. The molecule has 0 saturated carbocycles. The molecule has 0 unspecified atom stereocenters. The normalized spacial score (nSPS) is 11.4. The Hall–Kier alpha value is -3.92. The topological polar surface area (TPSA) is 42.5 Å². The molecule has 0 saturated heterocycles. The standard InChI is InChI=1S/C24H18N2O2/c1-3-7-17(8-4-1)25-19-11-13-21-23(15-19)27-22-14-12-20(16-24(22)28-21)26-18-9-5-2-6-10-18/h1-16,25-26H. The Kier molecular flexibility index (Phi) is 4.07. The lowest BCUT2D eigenvalue weighted by molar-refractivity contribution is 0.360. The second-order valence-electron chi connectivity index (χ2n) is 6.51. The van der Waals surface area contributed by atoms with Crippen LogP contribution in [-0.4, -0.2) is 0 Å². The van der Waals surface area contributed by atoms with Crippen molar-refractivity contribution in [2.75, 3.05) is 10.6 Å². The van der Waals surface area contributed by atoms with Gasteiger partial charge in [0.1, 0.15) is 0 Å². The lowest BCUT2D eigenvalue weighted by atomic mass is 10.2. The minimum absolute atomic E-state index is 0.692. The summed E-state index contributed by atoms with van der Waals surface area (Å²) in [5.41, 5.74) is 3.94. The van der Waals surface area contributed by atoms with E-state index in [1.54, 1.807) is 0 Å². The summed E-state index contributed by atoms with van der Waals surface area (Å²) in [5, 5.41) is 6.74. The van der Waals surface area contributed by atoms with Crippen molar-refractivity contribution in [2.45, 2.75) is 0 Å². The Bertz CT molecular complexity index is 1020. The predicted octanol–water partition coefficient (Wildman–Crippen LogP) is 7.07. The third kappa shape index (κ3) is 3.35. The number of rotatable bonds is 4. The molecule has 4 aromatic rings. The van der Waals surface area contributed by atoms with Crippen molar-refractivity contribution < 1.29 is 9.47 Å². The van der Waals surface area contributed by atoms with Crippen LogP contribution < -0.4 is 20.1 Å². The molecule has 0 amide bonds. The largest absolute Gasteiger partial charge is 0.449 e. The minimum atomic E-state index is 0.692. The highest BCUT2D eigenvalue weighted by atomic mass is 16.6. The van der Waals surface area contributed by atoms with Gasteiger partial charge in [0.25, 0.3) is 0 Å². The quantitative estimate of drug-likeness (QED) is 0.357. The highest BCUT2D eigenvalue weighted by Gasteiger charge is 2.19. The van der Waals surface area contributed by atoms with Crippen LogP contribution in [0, 0.1) is 0 Å². The number of hydrogen-bond donors (Lipinski definition) is 2. The number of fused-ring (bicyclic) bond motifs is 2. The molecule has 0 spiro atoms. The Morgan fingerprint density at radius 2 is 0.821 bits per heavy atom. The maximum absolute atomic E-state index is 6.07. The molecule has 2 N–H and O–H groups in total. The van der Waals surface area contributed by atoms with E-state index in [9.17, 15) is 0 Å². The van der Waals surface area contributed by atoms with Gasteiger partial charge in [-0.2, -0.15) is 0 Å². The Morgan fingerprint density at radius 3 is 1.25 bits per heavy atom. The Morgan fingerprint density at radius 1 is 0.393 bits per heavy atom. The molecule has 1 aliphatic heterocycles. The van der Waals surface area contributed by atoms with Crippen molar-refractivity contribution in [1.29, 1.82) is 0 Å². The van der Waals surface area contributed by atoms with E-state index in [2.05, 4.69) is 10.6 Å². The third-order valence-corrected chi connectivity index (χ3v) is 4.45. The van der Waals surface area contributed by atoms with E-state index in [1.807, 2.05) is 97.1 Å². The van der Waals surface area contributed by atoms with Gasteiger partial charge in [-0.15, -0.1) is 0 Å². The molecule has 0 aliphatic carbocycles. The van der Waals surface area contributed by atoms with Gasteiger partial charge in [-0.25, -0.2) is 0 Å². The molecule has 5 rings (SSSR count). The molecule has 0 bridgehead atoms. The van der Waals surface area contributed by atoms with Gasteiger partial charge < -0.3 is 20.1 Å². The van der Waals surface area contributed by atoms with E-state index in [4.69, 9.17) is 9.47 Å². The van der Waals surface area contributed by atoms with Gasteiger partial charge >= 0.3 is 0 Å². The second-order valence-corrected chi connectivity index (χ2v) is 6.51. The van der Waals surface area contributed by atoms with Crippen LogP contribution in [-0.2, 0) is 0 Å². The molecule has 0 aromatic heterocycles. The van der Waals surface area contributed by atoms with Crippen LogP contribution in [0.2, 0.25) is 0 Å². The molecular weight excluding hydrogens is 348 g/mol. The van der Waals surface area contributed by atoms with Crippen LogP contribution in [0.4, 0.5) is 22.7 Å². The molecule has 4 heteroatoms. The van der Waals surface area contributed by atoms with Crippen molar-refractivity contribution in [3.8, 4) is 23.0 Å². The zero-order valence-electron chi connectivity index (χ0n) is 15.1. The average molecular weight is 366 g/mol. The van der Waals surface area contributed by atoms with E-state index in [0.717, 1.165) is 22.7 Å². The fourth-order valence-electron chi connectivity index (χ4n) is 3.11. The van der Waals surface area contributed by atoms with Gasteiger partial charge in [0.15, 0.2) is 23.0 Å². The van der Waals surface area contributed by atoms with Gasteiger partial charge in [-0.3, -0.25) is 0 Å². The average Bonchev–Trinajstić information content (AvgIpc) is 2.74. The minimum Gasteiger partial charge on any atom is -0.449 e. The highest BCUT2D eigenvalue weighted by molar-refractivity contribution is 5.68. The zero-order valence-corrected chi connectivity index (χ0v) is 15.1. The van der Waals surface area contributed by atoms with Gasteiger partial charge in [-0.05, 0) is 48.5 Å². The maximum Gasteiger partial charge on any atom is 0.172 e. The van der Waals surface area contributed by atoms with E-state index >= 15 is 0 Å². The number of anilines is 4. The number of hydrogen-bond acceptors (Lipinski definition) is 4. The second kappa shape index (κ2) is 7.00. The summed E-state index contributed by atoms with van der Waals surface area (Å²) in [6.45, 7) is 0. The maximum atomic E-state index is 6.07. The smallest absolute Gasteiger partial charge is 0.172 e. The lowest BCUT2D eigenvalue weighted by Gasteiger charge is -2.22. The number of benzene rings is 4. The Balaban J connectivity index is 1.37. The predicted molar refractivity (Wildman–Crippen MR) is 112 cm³/mol. The molecule has 136 valence electrons. The summed E-state index contributed by atoms with van der Waals surface area (Å²) in [6, 6.07) is 31.7. The molecular formula is C24H18N2O2. The number of nitrogens with one attached hydrogen (secondary N) is 2. The first kappa shape index (κ1) is 16.3. The molecule has 0 atom stereocenters. The van der Waals surface area contributed by atoms with E-state index < -0.39 is 0 Å². The SMILES string of the molecule is c1ccc(Nc2ccc3c(c2)Oc2ccc(Nc4ccccc4)cc2O3)cc1. The molecule has 1 heterocycles. The number of para-hydroxylation sites is 2. The fraction of sp³-hybridized carbons (Fsp3) is 0. The highest BCUT2D eigenvalue weighted by Crippen LogP contribution is 2.47. The first-order chi connectivity index (χ1) is 13.8. The van der Waals surface area contributed by atoms with Crippen LogP contribution in [0.1, 0.15) is 0 Å². The van der Waals surface area contributed by atoms with Crippen LogP contribution in [0.5, 0.6) is 23.0 Å². The van der Waals surface area contributed by atoms with Crippen molar-refractivity contribution in [1.82, 2.24) is 0 Å². The molecule has 4 aromatic carbocycles. The van der Waals surface area contributed by atoms with Crippen molar-refractivity contribution in [3.05, 3.63) is 97.1 Å². The van der Waals surface area contributed by atoms with Crippen LogP contribution in [0.3, 0.4) is 0 Å². The van der Waals surface area contributed by atoms with Gasteiger partial charge in [-0.1, -0.05) is 36.4 Å². The summed E-state index contributed by atoms with van der Waals surface area (Å²) < 4.78 is 12.1. The number of ether oxygens (including phenoxy) is 2. The van der Waals surface area contributed by atoms with Gasteiger partial charge in [0.05, 0.1) is 0 Å². The molecule has 1 aliphatic rings. The monoisotopic (exact) mass is 366 g/mol. The van der Waals surface area contributed by atoms with E-state index in [-0.39, 0.29) is 0 Å². The summed E-state index contributed by atoms with van der Waals surface area (Å²) in [5.74, 6) is 2.78. The van der Waals surface area contributed by atoms with Gasteiger partial charge in [0.2, 0.25) is 0 Å². The summed E-state index contributed by atoms with van der Waals surface area (Å²) in [6.07, 6.45) is 0. The van der Waals surface area contributed by atoms with E-state index in [1.165, 1.54) is 0 Å². The third-order valence-electron chi connectivity index (χ3n) is 4.45. The first-order valence-corrected chi connectivity index (χ1v) is 9.11. The van der Waals surface area contributed by atoms with Gasteiger partial charge in [0, 0.05) is 34.9 Å². The summed E-state index contributed by atoms with van der Waals surface area (Å²) >= 11 is 0. The fourth-order valence-corrected chi connectivity index (χ4v) is 3.11. The van der Waals surface area contributed by atoms with Crippen molar-refractivity contribution in [3.63, 3.8) is 0 Å². The molecule has 4 nitrogen and oxygen atoms in total. The molecule has 0 radical (unpaired) electrons. The van der Waals surface area contributed by atoms with E-state index in [0.29, 0.717) is 23.0 Å². The first-order valence-electron chi connectivity index (χ1n) is 9.11. The van der Waals surface area contributed by atoms with Crippen LogP contribution in [0.25, 0.3) is 0 Å². The zero-order chi connectivity index (χ0) is 18.8. The van der Waals surface area contributed by atoms with Crippen molar-refractivity contribution in [2.24, 2.45) is 0 Å². The lowest BCUT2D eigenvalue weighted by Crippen LogP contribution is -2.01. The van der Waals surface area contributed by atoms with Crippen LogP contribution >= 0.6 is 0 Å². The summed E-state index contributed by atoms with van der Waals surface area (Å²) in [7, 11) is 0. The Labute approximate surface area is 163 Å².